The summed E-state index contributed by atoms with van der Waals surface area (Å²) in [5.74, 6) is 0. The summed E-state index contributed by atoms with van der Waals surface area (Å²) in [7, 11) is 4.25. The van der Waals surface area contributed by atoms with Crippen LogP contribution < -0.4 is 0 Å². The molecular formula is C14H21N. The second-order valence-electron chi connectivity index (χ2n) is 4.11. The van der Waals surface area contributed by atoms with Crippen molar-refractivity contribution in [3.05, 3.63) is 42.0 Å². The number of hydrogen-bond acceptors (Lipinski definition) is 1. The van der Waals surface area contributed by atoms with Gasteiger partial charge < -0.3 is 4.90 Å². The predicted octanol–water partition coefficient (Wildman–Crippen LogP) is 3.43. The van der Waals surface area contributed by atoms with Crippen molar-refractivity contribution in [1.82, 2.24) is 4.90 Å². The van der Waals surface area contributed by atoms with E-state index in [2.05, 4.69) is 61.5 Å². The summed E-state index contributed by atoms with van der Waals surface area (Å²) < 4.78 is 0. The van der Waals surface area contributed by atoms with E-state index in [9.17, 15) is 0 Å². The lowest BCUT2D eigenvalue weighted by atomic mass is 10.1. The molecule has 0 amide bonds. The fourth-order valence-electron chi connectivity index (χ4n) is 1.47. The fourth-order valence-corrected chi connectivity index (χ4v) is 1.47. The number of allylic oxidation sites excluding steroid dienone is 1. The van der Waals surface area contributed by atoms with Gasteiger partial charge in [-0.2, -0.15) is 0 Å². The minimum atomic E-state index is 1.18. The first-order chi connectivity index (χ1) is 7.29. The Morgan fingerprint density at radius 1 is 1.07 bits per heavy atom. The van der Waals surface area contributed by atoms with Crippen molar-refractivity contribution in [3.8, 4) is 0 Å². The molecule has 0 aromatic heterocycles. The van der Waals surface area contributed by atoms with Crippen LogP contribution in [0.5, 0.6) is 0 Å². The Morgan fingerprint density at radius 3 is 2.47 bits per heavy atom. The van der Waals surface area contributed by atoms with Crippen LogP contribution in [0.15, 0.2) is 36.4 Å². The average molecular weight is 203 g/mol. The minimum Gasteiger partial charge on any atom is -0.309 e. The zero-order valence-corrected chi connectivity index (χ0v) is 9.82. The molecule has 1 heteroatoms. The highest BCUT2D eigenvalue weighted by Crippen LogP contribution is 2.04. The first kappa shape index (κ1) is 12.0. The van der Waals surface area contributed by atoms with Crippen molar-refractivity contribution in [2.24, 2.45) is 0 Å². The lowest BCUT2D eigenvalue weighted by molar-refractivity contribution is 0.395. The Balaban J connectivity index is 2.12. The van der Waals surface area contributed by atoms with E-state index in [1.807, 2.05) is 0 Å². The van der Waals surface area contributed by atoms with Gasteiger partial charge in [-0.1, -0.05) is 42.5 Å². The predicted molar refractivity (Wildman–Crippen MR) is 67.9 cm³/mol. The summed E-state index contributed by atoms with van der Waals surface area (Å²) in [6.45, 7) is 1.19. The Labute approximate surface area is 93.4 Å². The zero-order chi connectivity index (χ0) is 10.9. The van der Waals surface area contributed by atoms with Gasteiger partial charge in [0.25, 0.3) is 0 Å². The molecule has 1 rings (SSSR count). The van der Waals surface area contributed by atoms with E-state index < -0.39 is 0 Å². The van der Waals surface area contributed by atoms with E-state index in [1.165, 1.54) is 31.4 Å². The van der Waals surface area contributed by atoms with Crippen molar-refractivity contribution >= 4 is 6.08 Å². The molecule has 0 unspecified atom stereocenters. The summed E-state index contributed by atoms with van der Waals surface area (Å²) in [5, 5.41) is 0. The number of benzene rings is 1. The van der Waals surface area contributed by atoms with Crippen LogP contribution in [0.4, 0.5) is 0 Å². The third-order valence-corrected chi connectivity index (χ3v) is 2.34. The quantitative estimate of drug-likeness (QED) is 0.640. The van der Waals surface area contributed by atoms with Gasteiger partial charge in [0.1, 0.15) is 0 Å². The maximum atomic E-state index is 2.27. The zero-order valence-electron chi connectivity index (χ0n) is 9.82. The molecule has 0 atom stereocenters. The van der Waals surface area contributed by atoms with E-state index in [0.717, 1.165) is 0 Å². The molecule has 0 spiro atoms. The van der Waals surface area contributed by atoms with Crippen molar-refractivity contribution in [2.45, 2.75) is 19.3 Å². The van der Waals surface area contributed by atoms with Crippen LogP contribution in [0.3, 0.4) is 0 Å². The Bertz CT molecular complexity index is 275. The van der Waals surface area contributed by atoms with Gasteiger partial charge in [0.05, 0.1) is 0 Å². The molecule has 0 aliphatic heterocycles. The van der Waals surface area contributed by atoms with Crippen LogP contribution in [0.25, 0.3) is 6.08 Å². The summed E-state index contributed by atoms with van der Waals surface area (Å²) in [4.78, 5) is 2.24. The number of hydrogen-bond donors (Lipinski definition) is 0. The molecule has 0 saturated heterocycles. The highest BCUT2D eigenvalue weighted by Gasteiger charge is 1.89. The van der Waals surface area contributed by atoms with Gasteiger partial charge in [0.15, 0.2) is 0 Å². The second-order valence-corrected chi connectivity index (χ2v) is 4.11. The topological polar surface area (TPSA) is 3.24 Å². The van der Waals surface area contributed by atoms with Gasteiger partial charge in [-0.15, -0.1) is 0 Å². The van der Waals surface area contributed by atoms with Crippen LogP contribution in [0.1, 0.15) is 24.8 Å². The van der Waals surface area contributed by atoms with Crippen LogP contribution in [-0.4, -0.2) is 25.5 Å². The lowest BCUT2D eigenvalue weighted by Crippen LogP contribution is -2.12. The molecule has 0 saturated carbocycles. The number of rotatable bonds is 6. The monoisotopic (exact) mass is 203 g/mol. The van der Waals surface area contributed by atoms with Crippen LogP contribution in [0, 0.1) is 0 Å². The molecule has 0 radical (unpaired) electrons. The third-order valence-electron chi connectivity index (χ3n) is 2.34. The van der Waals surface area contributed by atoms with Gasteiger partial charge >= 0.3 is 0 Å². The van der Waals surface area contributed by atoms with E-state index in [4.69, 9.17) is 0 Å². The van der Waals surface area contributed by atoms with Gasteiger partial charge in [-0.25, -0.2) is 0 Å². The van der Waals surface area contributed by atoms with Crippen molar-refractivity contribution in [2.75, 3.05) is 20.6 Å². The fraction of sp³-hybridized carbons (Fsp3) is 0.429. The Hall–Kier alpha value is -1.08. The smallest absolute Gasteiger partial charge is 0.00247 e. The van der Waals surface area contributed by atoms with E-state index >= 15 is 0 Å². The van der Waals surface area contributed by atoms with Gasteiger partial charge in [0.2, 0.25) is 0 Å². The standard InChI is InChI=1S/C14H21N/c1-15(2)13-9-4-3-6-10-14-11-7-5-8-12-14/h5-8,10-12H,3-4,9,13H2,1-2H3. The maximum Gasteiger partial charge on any atom is -0.00247 e. The molecule has 0 fully saturated rings. The van der Waals surface area contributed by atoms with Crippen LogP contribution in [0.2, 0.25) is 0 Å². The highest BCUT2D eigenvalue weighted by molar-refractivity contribution is 5.48. The lowest BCUT2D eigenvalue weighted by Gasteiger charge is -2.07. The molecule has 82 valence electrons. The van der Waals surface area contributed by atoms with Crippen molar-refractivity contribution < 1.29 is 0 Å². The average Bonchev–Trinajstić information content (AvgIpc) is 2.24. The maximum absolute atomic E-state index is 2.27. The summed E-state index contributed by atoms with van der Waals surface area (Å²) in [6.07, 6.45) is 8.22. The Morgan fingerprint density at radius 2 is 1.80 bits per heavy atom. The SMILES string of the molecule is CN(C)CCCCC=Cc1ccccc1. The first-order valence-electron chi connectivity index (χ1n) is 5.65. The minimum absolute atomic E-state index is 1.18. The van der Waals surface area contributed by atoms with E-state index in [-0.39, 0.29) is 0 Å². The summed E-state index contributed by atoms with van der Waals surface area (Å²) in [6, 6.07) is 10.5. The van der Waals surface area contributed by atoms with Gasteiger partial charge in [-0.05, 0) is 45.5 Å². The molecule has 0 aliphatic carbocycles. The van der Waals surface area contributed by atoms with Crippen molar-refractivity contribution in [1.29, 1.82) is 0 Å². The number of nitrogens with zero attached hydrogens (tertiary/aromatic N) is 1. The number of unbranched alkanes of at least 4 members (excludes halogenated alkanes) is 2. The molecule has 15 heavy (non-hydrogen) atoms. The van der Waals surface area contributed by atoms with Crippen LogP contribution in [-0.2, 0) is 0 Å². The Kier molecular flexibility index (Phi) is 5.79. The molecule has 1 aromatic carbocycles. The molecule has 0 heterocycles. The van der Waals surface area contributed by atoms with Gasteiger partial charge in [0, 0.05) is 0 Å². The van der Waals surface area contributed by atoms with E-state index in [1.54, 1.807) is 0 Å². The normalized spacial score (nSPS) is 11.4. The molecule has 1 nitrogen and oxygen atoms in total. The molecule has 0 aliphatic rings. The van der Waals surface area contributed by atoms with Gasteiger partial charge in [-0.3, -0.25) is 0 Å². The van der Waals surface area contributed by atoms with Crippen LogP contribution >= 0.6 is 0 Å². The van der Waals surface area contributed by atoms with Crippen molar-refractivity contribution in [3.63, 3.8) is 0 Å². The summed E-state index contributed by atoms with van der Waals surface area (Å²) in [5.41, 5.74) is 1.30. The van der Waals surface area contributed by atoms with E-state index in [0.29, 0.717) is 0 Å². The highest BCUT2D eigenvalue weighted by atomic mass is 15.0. The molecule has 1 aromatic rings. The molecule has 0 bridgehead atoms. The molecular weight excluding hydrogens is 182 g/mol. The first-order valence-corrected chi connectivity index (χ1v) is 5.65. The third kappa shape index (κ3) is 6.08. The largest absolute Gasteiger partial charge is 0.309 e. The second kappa shape index (κ2) is 7.24. The molecule has 0 N–H and O–H groups in total. The summed E-state index contributed by atoms with van der Waals surface area (Å²) >= 11 is 0.